The zero-order chi connectivity index (χ0) is 24.4. The summed E-state index contributed by atoms with van der Waals surface area (Å²) in [5.41, 5.74) is 2.33. The van der Waals surface area contributed by atoms with Gasteiger partial charge in [-0.2, -0.15) is 0 Å². The number of carbonyl (C=O) groups excluding carboxylic acids is 2. The van der Waals surface area contributed by atoms with Crippen molar-refractivity contribution in [3.63, 3.8) is 0 Å². The SMILES string of the molecule is C[C@H](c1nc2ccccc2s1)N(C)CC(=O)Nc1ccccc1C(=O)Nc1ccc2c(c1)OCO2. The molecule has 2 heterocycles. The van der Waals surface area contributed by atoms with Crippen molar-refractivity contribution in [1.82, 2.24) is 9.88 Å². The Morgan fingerprint density at radius 2 is 1.80 bits per heavy atom. The number of hydrogen-bond donors (Lipinski definition) is 2. The van der Waals surface area contributed by atoms with Gasteiger partial charge in [0.05, 0.1) is 34.1 Å². The fourth-order valence-electron chi connectivity index (χ4n) is 3.77. The number of nitrogens with one attached hydrogen (secondary N) is 2. The molecule has 9 heteroatoms. The highest BCUT2D eigenvalue weighted by atomic mass is 32.1. The molecule has 0 spiro atoms. The number of aromatic nitrogens is 1. The molecular weight excluding hydrogens is 464 g/mol. The van der Waals surface area contributed by atoms with Crippen LogP contribution in [0.15, 0.2) is 66.7 Å². The zero-order valence-corrected chi connectivity index (χ0v) is 20.1. The number of para-hydroxylation sites is 2. The van der Waals surface area contributed by atoms with E-state index in [-0.39, 0.29) is 31.2 Å². The maximum absolute atomic E-state index is 13.0. The third kappa shape index (κ3) is 4.96. The van der Waals surface area contributed by atoms with Crippen LogP contribution in [0.3, 0.4) is 0 Å². The molecule has 0 unspecified atom stereocenters. The number of nitrogens with zero attached hydrogens (tertiary/aromatic N) is 2. The fourth-order valence-corrected chi connectivity index (χ4v) is 4.86. The number of amides is 2. The Morgan fingerprint density at radius 3 is 2.66 bits per heavy atom. The Morgan fingerprint density at radius 1 is 1.03 bits per heavy atom. The molecule has 0 fully saturated rings. The number of rotatable bonds is 7. The van der Waals surface area contributed by atoms with Crippen molar-refractivity contribution >= 4 is 44.7 Å². The molecule has 1 aliphatic heterocycles. The normalized spacial score (nSPS) is 13.1. The second kappa shape index (κ2) is 9.73. The molecule has 1 atom stereocenters. The van der Waals surface area contributed by atoms with E-state index in [1.54, 1.807) is 53.8 Å². The van der Waals surface area contributed by atoms with E-state index in [0.717, 1.165) is 15.2 Å². The Hall–Kier alpha value is -3.95. The summed E-state index contributed by atoms with van der Waals surface area (Å²) in [6.07, 6.45) is 0. The molecule has 0 saturated carbocycles. The summed E-state index contributed by atoms with van der Waals surface area (Å²) in [6.45, 7) is 2.33. The van der Waals surface area contributed by atoms with Gasteiger partial charge < -0.3 is 20.1 Å². The summed E-state index contributed by atoms with van der Waals surface area (Å²) in [5.74, 6) is 0.661. The van der Waals surface area contributed by atoms with E-state index in [0.29, 0.717) is 28.4 Å². The first-order valence-corrected chi connectivity index (χ1v) is 11.9. The number of ether oxygens (including phenoxy) is 2. The lowest BCUT2D eigenvalue weighted by Crippen LogP contribution is -2.32. The van der Waals surface area contributed by atoms with Crippen molar-refractivity contribution in [1.29, 1.82) is 0 Å². The summed E-state index contributed by atoms with van der Waals surface area (Å²) in [7, 11) is 1.88. The van der Waals surface area contributed by atoms with E-state index < -0.39 is 0 Å². The highest BCUT2D eigenvalue weighted by Gasteiger charge is 2.20. The second-order valence-electron chi connectivity index (χ2n) is 8.23. The molecule has 178 valence electrons. The van der Waals surface area contributed by atoms with Crippen molar-refractivity contribution in [2.75, 3.05) is 31.0 Å². The Bertz CT molecular complexity index is 1370. The van der Waals surface area contributed by atoms with Crippen LogP contribution >= 0.6 is 11.3 Å². The average Bonchev–Trinajstić information content (AvgIpc) is 3.50. The van der Waals surface area contributed by atoms with Gasteiger partial charge in [0.15, 0.2) is 11.5 Å². The highest BCUT2D eigenvalue weighted by molar-refractivity contribution is 7.18. The van der Waals surface area contributed by atoms with Gasteiger partial charge in [-0.25, -0.2) is 4.98 Å². The van der Waals surface area contributed by atoms with Gasteiger partial charge >= 0.3 is 0 Å². The van der Waals surface area contributed by atoms with E-state index in [9.17, 15) is 9.59 Å². The molecule has 35 heavy (non-hydrogen) atoms. The maximum Gasteiger partial charge on any atom is 0.257 e. The molecule has 0 radical (unpaired) electrons. The third-order valence-electron chi connectivity index (χ3n) is 5.80. The monoisotopic (exact) mass is 488 g/mol. The molecule has 2 amide bonds. The van der Waals surface area contributed by atoms with Gasteiger partial charge in [0.2, 0.25) is 12.7 Å². The van der Waals surface area contributed by atoms with Crippen LogP contribution in [0.2, 0.25) is 0 Å². The van der Waals surface area contributed by atoms with Crippen LogP contribution in [-0.2, 0) is 4.79 Å². The summed E-state index contributed by atoms with van der Waals surface area (Å²) >= 11 is 1.63. The van der Waals surface area contributed by atoms with Crippen molar-refractivity contribution in [3.05, 3.63) is 77.3 Å². The maximum atomic E-state index is 13.0. The molecule has 3 aromatic carbocycles. The van der Waals surface area contributed by atoms with Crippen LogP contribution in [0.4, 0.5) is 11.4 Å². The molecule has 4 aromatic rings. The molecule has 8 nitrogen and oxygen atoms in total. The van der Waals surface area contributed by atoms with E-state index in [1.165, 1.54) is 0 Å². The summed E-state index contributed by atoms with van der Waals surface area (Å²) in [5, 5.41) is 6.68. The van der Waals surface area contributed by atoms with Gasteiger partial charge in [-0.3, -0.25) is 14.5 Å². The number of carbonyl (C=O) groups is 2. The Kier molecular flexibility index (Phi) is 6.35. The minimum absolute atomic E-state index is 0.0392. The van der Waals surface area contributed by atoms with Crippen LogP contribution in [0.5, 0.6) is 11.5 Å². The summed E-state index contributed by atoms with van der Waals surface area (Å²) < 4.78 is 11.8. The lowest BCUT2D eigenvalue weighted by molar-refractivity contribution is -0.117. The number of thiazole rings is 1. The second-order valence-corrected chi connectivity index (χ2v) is 9.29. The first kappa shape index (κ1) is 22.8. The van der Waals surface area contributed by atoms with Crippen molar-refractivity contribution in [2.45, 2.75) is 13.0 Å². The number of fused-ring (bicyclic) bond motifs is 2. The standard InChI is InChI=1S/C26H24N4O4S/c1-16(26-29-20-9-5-6-10-23(20)35-26)30(2)14-24(31)28-19-8-4-3-7-18(19)25(32)27-17-11-12-21-22(13-17)34-15-33-21/h3-13,16H,14-15H2,1-2H3,(H,27,32)(H,28,31)/t16-/m1/s1. The Labute approximate surface area is 206 Å². The number of anilines is 2. The van der Waals surface area contributed by atoms with Crippen LogP contribution in [0.1, 0.15) is 28.3 Å². The minimum atomic E-state index is -0.337. The average molecular weight is 489 g/mol. The van der Waals surface area contributed by atoms with Crippen molar-refractivity contribution in [2.24, 2.45) is 0 Å². The lowest BCUT2D eigenvalue weighted by atomic mass is 10.1. The van der Waals surface area contributed by atoms with Gasteiger partial charge in [-0.05, 0) is 50.4 Å². The minimum Gasteiger partial charge on any atom is -0.454 e. The van der Waals surface area contributed by atoms with E-state index in [4.69, 9.17) is 14.5 Å². The predicted molar refractivity (Wildman–Crippen MR) is 136 cm³/mol. The van der Waals surface area contributed by atoms with Gasteiger partial charge in [-0.1, -0.05) is 24.3 Å². The van der Waals surface area contributed by atoms with E-state index >= 15 is 0 Å². The molecule has 0 bridgehead atoms. The van der Waals surface area contributed by atoms with Gasteiger partial charge in [0.25, 0.3) is 5.91 Å². The Balaban J connectivity index is 1.24. The zero-order valence-electron chi connectivity index (χ0n) is 19.3. The lowest BCUT2D eigenvalue weighted by Gasteiger charge is -2.22. The molecule has 1 aliphatic rings. The van der Waals surface area contributed by atoms with Gasteiger partial charge in [0.1, 0.15) is 5.01 Å². The van der Waals surface area contributed by atoms with Crippen LogP contribution < -0.4 is 20.1 Å². The van der Waals surface area contributed by atoms with Crippen molar-refractivity contribution < 1.29 is 19.1 Å². The van der Waals surface area contributed by atoms with Gasteiger partial charge in [-0.15, -0.1) is 11.3 Å². The molecule has 2 N–H and O–H groups in total. The molecule has 5 rings (SSSR count). The first-order chi connectivity index (χ1) is 17.0. The van der Waals surface area contributed by atoms with E-state index in [1.807, 2.05) is 43.1 Å². The smallest absolute Gasteiger partial charge is 0.257 e. The summed E-state index contributed by atoms with van der Waals surface area (Å²) in [4.78, 5) is 32.5. The number of benzene rings is 3. The molecule has 0 saturated heterocycles. The number of likely N-dealkylation sites (N-methyl/N-ethyl adjacent to an activating group) is 1. The quantitative estimate of drug-likeness (QED) is 0.384. The van der Waals surface area contributed by atoms with Crippen LogP contribution in [0, 0.1) is 0 Å². The van der Waals surface area contributed by atoms with Crippen LogP contribution in [0.25, 0.3) is 10.2 Å². The molecular formula is C26H24N4O4S. The topological polar surface area (TPSA) is 92.8 Å². The van der Waals surface area contributed by atoms with E-state index in [2.05, 4.69) is 10.6 Å². The predicted octanol–water partition coefficient (Wildman–Crippen LogP) is 4.91. The molecule has 1 aromatic heterocycles. The molecule has 0 aliphatic carbocycles. The number of hydrogen-bond acceptors (Lipinski definition) is 7. The van der Waals surface area contributed by atoms with Crippen molar-refractivity contribution in [3.8, 4) is 11.5 Å². The highest BCUT2D eigenvalue weighted by Crippen LogP contribution is 2.34. The summed E-state index contributed by atoms with van der Waals surface area (Å²) in [6, 6.07) is 20.1. The fraction of sp³-hybridized carbons (Fsp3) is 0.192. The largest absolute Gasteiger partial charge is 0.454 e. The van der Waals surface area contributed by atoms with Gasteiger partial charge in [0, 0.05) is 11.8 Å². The first-order valence-electron chi connectivity index (χ1n) is 11.1. The third-order valence-corrected chi connectivity index (χ3v) is 7.00. The van der Waals surface area contributed by atoms with Crippen LogP contribution in [-0.4, -0.2) is 42.1 Å².